The minimum Gasteiger partial charge on any atom is -0.497 e. The molecule has 5 rings (SSSR count). The molecule has 3 saturated heterocycles. The van der Waals surface area contributed by atoms with Gasteiger partial charge in [0, 0.05) is 64.6 Å². The molecule has 1 aromatic heterocycles. The number of carbonyl (C=O) groups excluding carboxylic acids is 1. The first-order chi connectivity index (χ1) is 22.4. The van der Waals surface area contributed by atoms with Gasteiger partial charge < -0.3 is 24.6 Å². The van der Waals surface area contributed by atoms with Crippen LogP contribution in [-0.2, 0) is 39.3 Å². The number of morpholine rings is 1. The molecule has 0 saturated carbocycles. The SMILES string of the molecule is COc1ccc(CN2CCC[C@]3(C(=O)N4CCOCC4)CN(Cc4cnn(C)c4)C[C@@H]3C2)cc1.O=C(O)C(F)(F)F.O=C(O)C(F)(F)F. The summed E-state index contributed by atoms with van der Waals surface area (Å²) in [4.78, 5) is 38.9. The Bertz CT molecular complexity index is 1340. The minimum atomic E-state index is -5.08. The zero-order valence-corrected chi connectivity index (χ0v) is 26.5. The number of alkyl halides is 6. The highest BCUT2D eigenvalue weighted by atomic mass is 19.4. The van der Waals surface area contributed by atoms with Gasteiger partial charge in [-0.2, -0.15) is 31.4 Å². The van der Waals surface area contributed by atoms with Gasteiger partial charge in [-0.05, 0) is 43.0 Å². The van der Waals surface area contributed by atoms with Crippen molar-refractivity contribution in [2.45, 2.75) is 38.3 Å². The summed E-state index contributed by atoms with van der Waals surface area (Å²) in [7, 11) is 3.66. The molecule has 48 heavy (non-hydrogen) atoms. The number of aryl methyl sites for hydroxylation is 1. The molecule has 0 bridgehead atoms. The number of amides is 1. The Labute approximate surface area is 272 Å². The van der Waals surface area contributed by atoms with Crippen molar-refractivity contribution in [3.8, 4) is 5.75 Å². The lowest BCUT2D eigenvalue weighted by Gasteiger charge is -2.39. The van der Waals surface area contributed by atoms with Crippen LogP contribution in [0.2, 0.25) is 0 Å². The monoisotopic (exact) mass is 695 g/mol. The number of carboxylic acids is 2. The first-order valence-corrected chi connectivity index (χ1v) is 15.0. The maximum absolute atomic E-state index is 14.0. The summed E-state index contributed by atoms with van der Waals surface area (Å²) < 4.78 is 76.2. The van der Waals surface area contributed by atoms with Crippen molar-refractivity contribution >= 4 is 17.8 Å². The van der Waals surface area contributed by atoms with Crippen molar-refractivity contribution in [2.75, 3.05) is 59.6 Å². The van der Waals surface area contributed by atoms with E-state index < -0.39 is 24.3 Å². The topological polar surface area (TPSA) is 138 Å². The molecule has 4 heterocycles. The van der Waals surface area contributed by atoms with Crippen LogP contribution in [0.1, 0.15) is 24.0 Å². The average Bonchev–Trinajstić information content (AvgIpc) is 3.54. The first-order valence-electron chi connectivity index (χ1n) is 15.0. The number of nitrogens with zero attached hydrogens (tertiary/aromatic N) is 5. The zero-order chi connectivity index (χ0) is 35.7. The summed E-state index contributed by atoms with van der Waals surface area (Å²) >= 11 is 0. The van der Waals surface area contributed by atoms with Crippen LogP contribution in [0, 0.1) is 11.3 Å². The van der Waals surface area contributed by atoms with Gasteiger partial charge >= 0.3 is 24.3 Å². The largest absolute Gasteiger partial charge is 0.497 e. The van der Waals surface area contributed by atoms with Crippen LogP contribution in [-0.4, -0.2) is 124 Å². The van der Waals surface area contributed by atoms with Crippen LogP contribution in [0.5, 0.6) is 5.75 Å². The van der Waals surface area contributed by atoms with Gasteiger partial charge in [-0.15, -0.1) is 0 Å². The molecule has 2 N–H and O–H groups in total. The number of methoxy groups -OCH3 is 1. The normalized spacial score (nSPS) is 21.9. The van der Waals surface area contributed by atoms with E-state index in [1.807, 2.05) is 30.1 Å². The molecule has 0 radical (unpaired) electrons. The second-order valence-corrected chi connectivity index (χ2v) is 11.7. The lowest BCUT2D eigenvalue weighted by atomic mass is 9.73. The van der Waals surface area contributed by atoms with E-state index in [1.165, 1.54) is 11.1 Å². The van der Waals surface area contributed by atoms with Gasteiger partial charge in [-0.1, -0.05) is 12.1 Å². The molecule has 268 valence electrons. The van der Waals surface area contributed by atoms with Crippen molar-refractivity contribution < 1.29 is 60.4 Å². The van der Waals surface area contributed by atoms with Crippen molar-refractivity contribution in [3.05, 3.63) is 47.8 Å². The number of hydrogen-bond acceptors (Lipinski definition) is 8. The van der Waals surface area contributed by atoms with Gasteiger partial charge in [0.05, 0.1) is 31.9 Å². The van der Waals surface area contributed by atoms with Crippen LogP contribution in [0.25, 0.3) is 0 Å². The number of ether oxygens (including phenoxy) is 2. The highest BCUT2D eigenvalue weighted by Crippen LogP contribution is 2.45. The molecule has 0 spiro atoms. The standard InChI is InChI=1S/C26H37N5O3.2C2HF3O2/c1-28-15-22(14-27-28)17-30-19-23-18-29(16-21-4-6-24(33-2)7-5-21)9-3-8-26(23,20-30)25(32)31-10-12-34-13-11-31;2*3-2(4,5)1(6)7/h4-7,14-15,23H,3,8-13,16-20H2,1-2H3;2*(H,6,7)/t23-,26-;;/m0../s1. The third-order valence-corrected chi connectivity index (χ3v) is 8.28. The molecule has 18 heteroatoms. The Kier molecular flexibility index (Phi) is 13.2. The zero-order valence-electron chi connectivity index (χ0n) is 26.5. The fourth-order valence-electron chi connectivity index (χ4n) is 6.11. The quantitative estimate of drug-likeness (QED) is 0.434. The van der Waals surface area contributed by atoms with E-state index in [1.54, 1.807) is 7.11 Å². The molecular formula is C30H39F6N5O7. The van der Waals surface area contributed by atoms with Crippen LogP contribution < -0.4 is 4.74 Å². The summed E-state index contributed by atoms with van der Waals surface area (Å²) in [5.41, 5.74) is 2.19. The Balaban J connectivity index is 0.000000376. The smallest absolute Gasteiger partial charge is 0.490 e. The number of rotatable bonds is 6. The fourth-order valence-corrected chi connectivity index (χ4v) is 6.11. The van der Waals surface area contributed by atoms with Crippen molar-refractivity contribution in [3.63, 3.8) is 0 Å². The van der Waals surface area contributed by atoms with E-state index in [4.69, 9.17) is 29.3 Å². The van der Waals surface area contributed by atoms with E-state index in [2.05, 4.69) is 38.1 Å². The summed E-state index contributed by atoms with van der Waals surface area (Å²) in [5.74, 6) is -3.96. The molecule has 1 amide bonds. The maximum atomic E-state index is 14.0. The molecule has 12 nitrogen and oxygen atoms in total. The minimum absolute atomic E-state index is 0.311. The van der Waals surface area contributed by atoms with Crippen LogP contribution >= 0.6 is 0 Å². The van der Waals surface area contributed by atoms with E-state index >= 15 is 0 Å². The second-order valence-electron chi connectivity index (χ2n) is 11.7. The number of aliphatic carboxylic acids is 2. The maximum Gasteiger partial charge on any atom is 0.490 e. The number of benzene rings is 1. The predicted molar refractivity (Wildman–Crippen MR) is 157 cm³/mol. The van der Waals surface area contributed by atoms with Crippen molar-refractivity contribution in [1.82, 2.24) is 24.5 Å². The summed E-state index contributed by atoms with van der Waals surface area (Å²) in [6.07, 6.45) is -4.14. The van der Waals surface area contributed by atoms with E-state index in [9.17, 15) is 31.1 Å². The predicted octanol–water partition coefficient (Wildman–Crippen LogP) is 3.27. The highest BCUT2D eigenvalue weighted by molar-refractivity contribution is 5.84. The lowest BCUT2D eigenvalue weighted by Crippen LogP contribution is -2.52. The van der Waals surface area contributed by atoms with Crippen LogP contribution in [0.15, 0.2) is 36.7 Å². The van der Waals surface area contributed by atoms with Gasteiger partial charge in [0.25, 0.3) is 0 Å². The average molecular weight is 696 g/mol. The Morgan fingerprint density at radius 2 is 1.46 bits per heavy atom. The fraction of sp³-hybridized carbons (Fsp3) is 0.600. The summed E-state index contributed by atoms with van der Waals surface area (Å²) in [6, 6.07) is 8.37. The van der Waals surface area contributed by atoms with Crippen molar-refractivity contribution in [1.29, 1.82) is 0 Å². The number of fused-ring (bicyclic) bond motifs is 1. The molecule has 0 aliphatic carbocycles. The Morgan fingerprint density at radius 1 is 0.917 bits per heavy atom. The lowest BCUT2D eigenvalue weighted by molar-refractivity contribution is -0.193. The molecule has 2 aromatic rings. The van der Waals surface area contributed by atoms with Gasteiger partial charge in [-0.25, -0.2) is 9.59 Å². The molecular weight excluding hydrogens is 656 g/mol. The van der Waals surface area contributed by atoms with Crippen LogP contribution in [0.4, 0.5) is 26.3 Å². The van der Waals surface area contributed by atoms with Gasteiger partial charge in [0.15, 0.2) is 0 Å². The Hall–Kier alpha value is -3.90. The molecule has 2 atom stereocenters. The second kappa shape index (κ2) is 16.5. The number of aromatic nitrogens is 2. The van der Waals surface area contributed by atoms with Crippen LogP contribution in [0.3, 0.4) is 0 Å². The van der Waals surface area contributed by atoms with Crippen molar-refractivity contribution in [2.24, 2.45) is 18.4 Å². The van der Waals surface area contributed by atoms with Gasteiger partial charge in [0.2, 0.25) is 5.91 Å². The Morgan fingerprint density at radius 3 is 1.96 bits per heavy atom. The number of hydrogen-bond donors (Lipinski definition) is 2. The molecule has 3 aliphatic heterocycles. The number of carboxylic acid groups (broad SMARTS) is 2. The molecule has 3 aliphatic rings. The third-order valence-electron chi connectivity index (χ3n) is 8.28. The van der Waals surface area contributed by atoms with E-state index in [0.717, 1.165) is 57.9 Å². The van der Waals surface area contributed by atoms with Gasteiger partial charge in [0.1, 0.15) is 5.75 Å². The van der Waals surface area contributed by atoms with E-state index in [0.29, 0.717) is 38.1 Å². The third kappa shape index (κ3) is 10.8. The molecule has 1 aromatic carbocycles. The number of carbonyl (C=O) groups is 3. The highest BCUT2D eigenvalue weighted by Gasteiger charge is 2.54. The summed E-state index contributed by atoms with van der Waals surface area (Å²) in [6.45, 7) is 8.24. The molecule has 0 unspecified atom stereocenters. The number of halogens is 6. The first kappa shape index (κ1) is 38.5. The summed E-state index contributed by atoms with van der Waals surface area (Å²) in [5, 5.41) is 18.6. The van der Waals surface area contributed by atoms with Gasteiger partial charge in [-0.3, -0.25) is 19.3 Å². The molecule has 3 fully saturated rings. The number of likely N-dealkylation sites (tertiary alicyclic amines) is 2. The van der Waals surface area contributed by atoms with E-state index in [-0.39, 0.29) is 5.41 Å².